The lowest BCUT2D eigenvalue weighted by Crippen LogP contribution is -2.52. The van der Waals surface area contributed by atoms with Gasteiger partial charge in [0.25, 0.3) is 0 Å². The zero-order valence-electron chi connectivity index (χ0n) is 10.8. The van der Waals surface area contributed by atoms with E-state index in [2.05, 4.69) is 44.2 Å². The van der Waals surface area contributed by atoms with Crippen LogP contribution in [0.5, 0.6) is 0 Å². The monoisotopic (exact) mass is 309 g/mol. The normalized spacial score (nSPS) is 32.2. The lowest BCUT2D eigenvalue weighted by Gasteiger charge is -2.47. The standard InChI is InChI=1S/C14H20BrN3/c1-18-13-3-2-4-14(18)7-11(6-13)17-12-5-10(15)8-16-9-12/h5,8-9,11,13-14,17H,2-4,6-7H2,1H3. The van der Waals surface area contributed by atoms with Gasteiger partial charge in [-0.3, -0.25) is 4.98 Å². The molecule has 2 aliphatic heterocycles. The molecule has 0 spiro atoms. The molecule has 18 heavy (non-hydrogen) atoms. The van der Waals surface area contributed by atoms with Crippen molar-refractivity contribution in [2.75, 3.05) is 12.4 Å². The first kappa shape index (κ1) is 12.4. The summed E-state index contributed by atoms with van der Waals surface area (Å²) in [5.41, 5.74) is 1.14. The van der Waals surface area contributed by atoms with Crippen LogP contribution in [0.25, 0.3) is 0 Å². The van der Waals surface area contributed by atoms with Gasteiger partial charge in [0.15, 0.2) is 0 Å². The van der Waals surface area contributed by atoms with Crippen LogP contribution < -0.4 is 5.32 Å². The topological polar surface area (TPSA) is 28.2 Å². The summed E-state index contributed by atoms with van der Waals surface area (Å²) in [7, 11) is 2.30. The number of nitrogens with zero attached hydrogens (tertiary/aromatic N) is 2. The number of hydrogen-bond acceptors (Lipinski definition) is 3. The maximum Gasteiger partial charge on any atom is 0.0540 e. The summed E-state index contributed by atoms with van der Waals surface area (Å²) >= 11 is 3.47. The van der Waals surface area contributed by atoms with E-state index in [0.29, 0.717) is 6.04 Å². The van der Waals surface area contributed by atoms with Gasteiger partial charge in [0.1, 0.15) is 0 Å². The average molecular weight is 310 g/mol. The first-order chi connectivity index (χ1) is 8.72. The Bertz CT molecular complexity index is 409. The van der Waals surface area contributed by atoms with Crippen LogP contribution in [0.2, 0.25) is 0 Å². The summed E-state index contributed by atoms with van der Waals surface area (Å²) in [6, 6.07) is 4.26. The van der Waals surface area contributed by atoms with Crippen LogP contribution in [-0.2, 0) is 0 Å². The lowest BCUT2D eigenvalue weighted by molar-refractivity contribution is 0.0608. The van der Waals surface area contributed by atoms with E-state index in [1.165, 1.54) is 32.1 Å². The van der Waals surface area contributed by atoms with Gasteiger partial charge in [0.2, 0.25) is 0 Å². The maximum atomic E-state index is 4.22. The third-order valence-corrected chi connectivity index (χ3v) is 4.85. The fourth-order valence-corrected chi connectivity index (χ4v) is 3.83. The van der Waals surface area contributed by atoms with Crippen LogP contribution in [-0.4, -0.2) is 35.1 Å². The first-order valence-corrected chi connectivity index (χ1v) is 7.60. The van der Waals surface area contributed by atoms with E-state index in [4.69, 9.17) is 0 Å². The SMILES string of the molecule is CN1C2CCCC1CC(Nc1cncc(Br)c1)C2. The minimum absolute atomic E-state index is 0.604. The number of piperidine rings is 2. The van der Waals surface area contributed by atoms with Crippen LogP contribution in [0.15, 0.2) is 22.9 Å². The highest BCUT2D eigenvalue weighted by atomic mass is 79.9. The number of hydrogen-bond donors (Lipinski definition) is 1. The highest BCUT2D eigenvalue weighted by Gasteiger charge is 2.35. The molecule has 1 aromatic rings. The molecule has 1 aromatic heterocycles. The van der Waals surface area contributed by atoms with E-state index in [-0.39, 0.29) is 0 Å². The van der Waals surface area contributed by atoms with Crippen molar-refractivity contribution in [3.05, 3.63) is 22.9 Å². The highest BCUT2D eigenvalue weighted by molar-refractivity contribution is 9.10. The molecule has 0 radical (unpaired) electrons. The number of nitrogens with one attached hydrogen (secondary N) is 1. The minimum Gasteiger partial charge on any atom is -0.381 e. The van der Waals surface area contributed by atoms with Gasteiger partial charge in [0, 0.05) is 28.8 Å². The molecular weight excluding hydrogens is 290 g/mol. The molecule has 0 amide bonds. The number of halogens is 1. The number of anilines is 1. The number of aromatic nitrogens is 1. The molecule has 4 heteroatoms. The molecule has 2 fully saturated rings. The quantitative estimate of drug-likeness (QED) is 0.909. The summed E-state index contributed by atoms with van der Waals surface area (Å²) in [4.78, 5) is 6.82. The highest BCUT2D eigenvalue weighted by Crippen LogP contribution is 2.33. The average Bonchev–Trinajstić information content (AvgIpc) is 2.30. The first-order valence-electron chi connectivity index (χ1n) is 6.81. The second-order valence-electron chi connectivity index (χ2n) is 5.61. The third-order valence-electron chi connectivity index (χ3n) is 4.42. The minimum atomic E-state index is 0.604. The Morgan fingerprint density at radius 2 is 2.00 bits per heavy atom. The van der Waals surface area contributed by atoms with Crippen LogP contribution in [0.1, 0.15) is 32.1 Å². The van der Waals surface area contributed by atoms with E-state index in [0.717, 1.165) is 22.2 Å². The van der Waals surface area contributed by atoms with Crippen molar-refractivity contribution in [2.24, 2.45) is 0 Å². The summed E-state index contributed by atoms with van der Waals surface area (Å²) in [6.07, 6.45) is 10.4. The Kier molecular flexibility index (Phi) is 3.57. The molecule has 3 nitrogen and oxygen atoms in total. The van der Waals surface area contributed by atoms with Gasteiger partial charge in [-0.25, -0.2) is 0 Å². The van der Waals surface area contributed by atoms with Gasteiger partial charge < -0.3 is 10.2 Å². The molecule has 2 atom stereocenters. The zero-order valence-corrected chi connectivity index (χ0v) is 12.4. The van der Waals surface area contributed by atoms with Crippen molar-refractivity contribution in [2.45, 2.75) is 50.2 Å². The second kappa shape index (κ2) is 5.17. The fraction of sp³-hybridized carbons (Fsp3) is 0.643. The zero-order chi connectivity index (χ0) is 12.5. The summed E-state index contributed by atoms with van der Waals surface area (Å²) in [5, 5.41) is 3.65. The van der Waals surface area contributed by atoms with Crippen molar-refractivity contribution < 1.29 is 0 Å². The lowest BCUT2D eigenvalue weighted by atomic mass is 9.82. The van der Waals surface area contributed by atoms with E-state index in [9.17, 15) is 0 Å². The molecule has 1 N–H and O–H groups in total. The molecule has 98 valence electrons. The second-order valence-corrected chi connectivity index (χ2v) is 6.52. The fourth-order valence-electron chi connectivity index (χ4n) is 3.46. The molecule has 2 aliphatic rings. The number of fused-ring (bicyclic) bond motifs is 2. The molecular formula is C14H20BrN3. The van der Waals surface area contributed by atoms with Crippen molar-refractivity contribution in [1.29, 1.82) is 0 Å². The predicted octanol–water partition coefficient (Wildman–Crippen LogP) is 3.27. The Hall–Kier alpha value is -0.610. The smallest absolute Gasteiger partial charge is 0.0540 e. The summed E-state index contributed by atoms with van der Waals surface area (Å²) in [5.74, 6) is 0. The van der Waals surface area contributed by atoms with Gasteiger partial charge in [-0.2, -0.15) is 0 Å². The Labute approximate surface area is 117 Å². The summed E-state index contributed by atoms with van der Waals surface area (Å²) in [6.45, 7) is 0. The van der Waals surface area contributed by atoms with Crippen molar-refractivity contribution in [3.63, 3.8) is 0 Å². The maximum absolute atomic E-state index is 4.22. The van der Waals surface area contributed by atoms with E-state index in [1.54, 1.807) is 0 Å². The predicted molar refractivity (Wildman–Crippen MR) is 77.8 cm³/mol. The number of pyridine rings is 1. The van der Waals surface area contributed by atoms with Gasteiger partial charge in [-0.1, -0.05) is 6.42 Å². The van der Waals surface area contributed by atoms with Gasteiger partial charge in [-0.05, 0) is 54.7 Å². The van der Waals surface area contributed by atoms with E-state index >= 15 is 0 Å². The largest absolute Gasteiger partial charge is 0.381 e. The van der Waals surface area contributed by atoms with E-state index < -0.39 is 0 Å². The van der Waals surface area contributed by atoms with Crippen LogP contribution in [0, 0.1) is 0 Å². The Morgan fingerprint density at radius 3 is 2.67 bits per heavy atom. The van der Waals surface area contributed by atoms with Gasteiger partial charge >= 0.3 is 0 Å². The molecule has 2 saturated heterocycles. The molecule has 0 aromatic carbocycles. The molecule has 0 saturated carbocycles. The molecule has 3 heterocycles. The molecule has 2 bridgehead atoms. The van der Waals surface area contributed by atoms with Crippen molar-refractivity contribution in [1.82, 2.24) is 9.88 Å². The van der Waals surface area contributed by atoms with E-state index in [1.807, 2.05) is 12.4 Å². The van der Waals surface area contributed by atoms with Crippen molar-refractivity contribution in [3.8, 4) is 0 Å². The van der Waals surface area contributed by atoms with Crippen LogP contribution >= 0.6 is 15.9 Å². The Balaban J connectivity index is 1.68. The third kappa shape index (κ3) is 2.54. The molecule has 0 aliphatic carbocycles. The van der Waals surface area contributed by atoms with Crippen molar-refractivity contribution >= 4 is 21.6 Å². The van der Waals surface area contributed by atoms with Gasteiger partial charge in [-0.15, -0.1) is 0 Å². The van der Waals surface area contributed by atoms with Crippen LogP contribution in [0.4, 0.5) is 5.69 Å². The molecule has 2 unspecified atom stereocenters. The summed E-state index contributed by atoms with van der Waals surface area (Å²) < 4.78 is 1.04. The molecule has 3 rings (SSSR count). The Morgan fingerprint density at radius 1 is 1.28 bits per heavy atom. The van der Waals surface area contributed by atoms with Gasteiger partial charge in [0.05, 0.1) is 11.9 Å². The van der Waals surface area contributed by atoms with Crippen LogP contribution in [0.3, 0.4) is 0 Å². The number of rotatable bonds is 2.